The van der Waals surface area contributed by atoms with Gasteiger partial charge in [0.25, 0.3) is 0 Å². The van der Waals surface area contributed by atoms with Crippen molar-refractivity contribution in [1.82, 2.24) is 9.21 Å². The number of benzene rings is 1. The monoisotopic (exact) mass is 422 g/mol. The second kappa shape index (κ2) is 8.24. The van der Waals surface area contributed by atoms with E-state index in [1.807, 2.05) is 6.92 Å². The summed E-state index contributed by atoms with van der Waals surface area (Å²) < 4.78 is 49.6. The Hall–Kier alpha value is -1.16. The molecule has 7 nitrogen and oxygen atoms in total. The lowest BCUT2D eigenvalue weighted by molar-refractivity contribution is -0.133. The number of sulfone groups is 1. The lowest BCUT2D eigenvalue weighted by Crippen LogP contribution is -2.47. The number of amides is 1. The van der Waals surface area contributed by atoms with Crippen LogP contribution in [0.25, 0.3) is 0 Å². The minimum absolute atomic E-state index is 0.0442. The van der Waals surface area contributed by atoms with E-state index in [0.717, 1.165) is 4.31 Å². The Morgan fingerprint density at radius 2 is 1.88 bits per heavy atom. The summed E-state index contributed by atoms with van der Waals surface area (Å²) in [5, 5.41) is 0.416. The molecule has 1 aliphatic heterocycles. The van der Waals surface area contributed by atoms with Crippen LogP contribution in [-0.4, -0.2) is 69.6 Å². The number of halogens is 1. The summed E-state index contributed by atoms with van der Waals surface area (Å²) in [6, 6.07) is 5.31. The molecule has 2 rings (SSSR count). The predicted molar refractivity (Wildman–Crippen MR) is 100 cm³/mol. The van der Waals surface area contributed by atoms with Crippen molar-refractivity contribution >= 4 is 37.4 Å². The van der Waals surface area contributed by atoms with E-state index in [2.05, 4.69) is 0 Å². The van der Waals surface area contributed by atoms with Gasteiger partial charge < -0.3 is 4.90 Å². The highest BCUT2D eigenvalue weighted by atomic mass is 35.5. The molecule has 0 unspecified atom stereocenters. The van der Waals surface area contributed by atoms with Gasteiger partial charge in [0.2, 0.25) is 15.9 Å². The highest BCUT2D eigenvalue weighted by Gasteiger charge is 2.35. The first kappa shape index (κ1) is 21.1. The van der Waals surface area contributed by atoms with Crippen molar-refractivity contribution in [2.24, 2.45) is 0 Å². The van der Waals surface area contributed by atoms with E-state index in [-0.39, 0.29) is 29.0 Å². The summed E-state index contributed by atoms with van der Waals surface area (Å²) in [7, 11) is -5.64. The van der Waals surface area contributed by atoms with E-state index < -0.39 is 25.8 Å². The number of likely N-dealkylation sites (N-methyl/N-ethyl adjacent to an activating group) is 1. The Labute approximate surface area is 159 Å². The van der Waals surface area contributed by atoms with Crippen LogP contribution in [0, 0.1) is 0 Å². The van der Waals surface area contributed by atoms with Crippen LogP contribution < -0.4 is 0 Å². The molecule has 1 aromatic carbocycles. The topological polar surface area (TPSA) is 91.8 Å². The molecule has 0 aromatic heterocycles. The molecule has 1 heterocycles. The molecule has 26 heavy (non-hydrogen) atoms. The van der Waals surface area contributed by atoms with Crippen molar-refractivity contribution in [2.75, 3.05) is 31.6 Å². The average molecular weight is 423 g/mol. The molecule has 10 heteroatoms. The van der Waals surface area contributed by atoms with E-state index in [4.69, 9.17) is 11.6 Å². The van der Waals surface area contributed by atoms with Crippen molar-refractivity contribution in [1.29, 1.82) is 0 Å². The van der Waals surface area contributed by atoms with Gasteiger partial charge in [0.05, 0.1) is 22.9 Å². The largest absolute Gasteiger partial charge is 0.338 e. The molecule has 1 fully saturated rings. The molecule has 0 N–H and O–H groups in total. The minimum Gasteiger partial charge on any atom is -0.338 e. The van der Waals surface area contributed by atoms with Crippen LogP contribution in [0.15, 0.2) is 29.2 Å². The number of hydrogen-bond acceptors (Lipinski definition) is 5. The zero-order valence-electron chi connectivity index (χ0n) is 14.8. The Kier molecular flexibility index (Phi) is 6.70. The fourth-order valence-corrected chi connectivity index (χ4v) is 5.90. The van der Waals surface area contributed by atoms with Crippen molar-refractivity contribution in [3.05, 3.63) is 29.3 Å². The maximum atomic E-state index is 12.7. The number of sulfonamides is 1. The molecular formula is C16H23ClN2O5S2. The summed E-state index contributed by atoms with van der Waals surface area (Å²) in [4.78, 5) is 14.2. The lowest BCUT2D eigenvalue weighted by Gasteiger charge is -2.29. The fourth-order valence-electron chi connectivity index (χ4n) is 2.93. The standard InChI is InChI=1S/C16H23ClN2O5S2/c1-3-9-19(14-8-10-25(21,22)12-14)16(20)11-18(2)26(23,24)15-6-4-13(17)5-7-15/h4-7,14H,3,8-12H2,1-2H3/t14-/m0/s1. The van der Waals surface area contributed by atoms with Crippen molar-refractivity contribution in [2.45, 2.75) is 30.7 Å². The Balaban J connectivity index is 2.13. The van der Waals surface area contributed by atoms with Gasteiger partial charge in [0.1, 0.15) is 0 Å². The van der Waals surface area contributed by atoms with Gasteiger partial charge in [-0.25, -0.2) is 16.8 Å². The van der Waals surface area contributed by atoms with Crippen molar-refractivity contribution < 1.29 is 21.6 Å². The van der Waals surface area contributed by atoms with Gasteiger partial charge in [-0.3, -0.25) is 4.79 Å². The highest BCUT2D eigenvalue weighted by molar-refractivity contribution is 7.91. The van der Waals surface area contributed by atoms with Crippen molar-refractivity contribution in [3.63, 3.8) is 0 Å². The first-order valence-corrected chi connectivity index (χ1v) is 11.9. The quantitative estimate of drug-likeness (QED) is 0.662. The van der Waals surface area contributed by atoms with Gasteiger partial charge in [-0.2, -0.15) is 4.31 Å². The Morgan fingerprint density at radius 3 is 2.38 bits per heavy atom. The van der Waals surface area contributed by atoms with Crippen LogP contribution >= 0.6 is 11.6 Å². The second-order valence-electron chi connectivity index (χ2n) is 6.36. The highest BCUT2D eigenvalue weighted by Crippen LogP contribution is 2.20. The number of nitrogens with zero attached hydrogens (tertiary/aromatic N) is 2. The van der Waals surface area contributed by atoms with Crippen LogP contribution in [0.1, 0.15) is 19.8 Å². The number of rotatable bonds is 7. The third-order valence-electron chi connectivity index (χ3n) is 4.31. The molecule has 1 saturated heterocycles. The number of carbonyl (C=O) groups is 1. The number of hydrogen-bond donors (Lipinski definition) is 0. The molecule has 0 aliphatic carbocycles. The Bertz CT molecular complexity index is 853. The molecule has 1 aromatic rings. The SMILES string of the molecule is CCCN(C(=O)CN(C)S(=O)(=O)c1ccc(Cl)cc1)[C@H]1CCS(=O)(=O)C1. The minimum atomic E-state index is -3.84. The van der Waals surface area contributed by atoms with Gasteiger partial charge in [-0.1, -0.05) is 18.5 Å². The van der Waals surface area contributed by atoms with E-state index >= 15 is 0 Å². The summed E-state index contributed by atoms with van der Waals surface area (Å²) in [6.45, 7) is 1.94. The summed E-state index contributed by atoms with van der Waals surface area (Å²) in [6.07, 6.45) is 1.05. The van der Waals surface area contributed by atoms with Gasteiger partial charge in [-0.15, -0.1) is 0 Å². The molecule has 0 spiro atoms. The molecule has 1 atom stereocenters. The van der Waals surface area contributed by atoms with E-state index in [9.17, 15) is 21.6 Å². The fraction of sp³-hybridized carbons (Fsp3) is 0.562. The normalized spacial score (nSPS) is 19.6. The molecule has 146 valence electrons. The average Bonchev–Trinajstić information content (AvgIpc) is 2.92. The van der Waals surface area contributed by atoms with Crippen LogP contribution in [0.4, 0.5) is 0 Å². The molecule has 0 radical (unpaired) electrons. The summed E-state index contributed by atoms with van der Waals surface area (Å²) in [5.41, 5.74) is 0. The zero-order valence-corrected chi connectivity index (χ0v) is 17.1. The van der Waals surface area contributed by atoms with E-state index in [1.165, 1.54) is 36.2 Å². The first-order chi connectivity index (χ1) is 12.1. The molecular weight excluding hydrogens is 400 g/mol. The summed E-state index contributed by atoms with van der Waals surface area (Å²) in [5.74, 6) is -0.398. The van der Waals surface area contributed by atoms with E-state index in [1.54, 1.807) is 0 Å². The smallest absolute Gasteiger partial charge is 0.243 e. The first-order valence-electron chi connectivity index (χ1n) is 8.28. The molecule has 1 aliphatic rings. The maximum absolute atomic E-state index is 12.7. The predicted octanol–water partition coefficient (Wildman–Crippen LogP) is 1.39. The third-order valence-corrected chi connectivity index (χ3v) is 8.13. The van der Waals surface area contributed by atoms with Crippen LogP contribution in [0.3, 0.4) is 0 Å². The van der Waals surface area contributed by atoms with Crippen LogP contribution in [0.2, 0.25) is 5.02 Å². The van der Waals surface area contributed by atoms with E-state index in [0.29, 0.717) is 24.4 Å². The van der Waals surface area contributed by atoms with Gasteiger partial charge in [-0.05, 0) is 37.1 Å². The third kappa shape index (κ3) is 4.97. The Morgan fingerprint density at radius 1 is 1.27 bits per heavy atom. The van der Waals surface area contributed by atoms with Gasteiger partial charge >= 0.3 is 0 Å². The van der Waals surface area contributed by atoms with Crippen LogP contribution in [-0.2, 0) is 24.7 Å². The molecule has 0 saturated carbocycles. The van der Waals surface area contributed by atoms with Crippen molar-refractivity contribution in [3.8, 4) is 0 Å². The molecule has 1 amide bonds. The van der Waals surface area contributed by atoms with Crippen LogP contribution in [0.5, 0.6) is 0 Å². The summed E-state index contributed by atoms with van der Waals surface area (Å²) >= 11 is 5.78. The lowest BCUT2D eigenvalue weighted by atomic mass is 10.2. The van der Waals surface area contributed by atoms with Gasteiger partial charge in [0.15, 0.2) is 9.84 Å². The second-order valence-corrected chi connectivity index (χ2v) is 11.1. The molecule has 0 bridgehead atoms. The maximum Gasteiger partial charge on any atom is 0.243 e. The van der Waals surface area contributed by atoms with Gasteiger partial charge in [0, 0.05) is 24.7 Å². The zero-order chi connectivity index (χ0) is 19.5. The number of carbonyl (C=O) groups excluding carboxylic acids is 1.